The number of aryl methyl sites for hydroxylation is 1. The molecule has 14 heavy (non-hydrogen) atoms. The Labute approximate surface area is 92.3 Å². The van der Waals surface area contributed by atoms with E-state index >= 15 is 0 Å². The van der Waals surface area contributed by atoms with E-state index in [4.69, 9.17) is 16.3 Å². The molecule has 0 spiro atoms. The lowest BCUT2D eigenvalue weighted by molar-refractivity contribution is 0.421. The molecule has 0 saturated heterocycles. The maximum absolute atomic E-state index is 6.06. The second kappa shape index (κ2) is 3.79. The van der Waals surface area contributed by atoms with Crippen LogP contribution in [0.2, 0.25) is 4.34 Å². The zero-order valence-electron chi connectivity index (χ0n) is 8.13. The van der Waals surface area contributed by atoms with Gasteiger partial charge in [0.1, 0.15) is 4.34 Å². The highest BCUT2D eigenvalue weighted by molar-refractivity contribution is 7.23. The second-order valence-corrected chi connectivity index (χ2v) is 4.75. The number of methoxy groups -OCH3 is 1. The van der Waals surface area contributed by atoms with Crippen LogP contribution in [0.15, 0.2) is 18.2 Å². The molecule has 74 valence electrons. The number of fused-ring (bicyclic) bond motifs is 1. The van der Waals surface area contributed by atoms with Crippen molar-refractivity contribution in [2.45, 2.75) is 13.3 Å². The summed E-state index contributed by atoms with van der Waals surface area (Å²) in [5.41, 5.74) is 1.31. The van der Waals surface area contributed by atoms with Gasteiger partial charge in [0.15, 0.2) is 5.75 Å². The number of hydrogen-bond donors (Lipinski definition) is 0. The molecule has 0 amide bonds. The summed E-state index contributed by atoms with van der Waals surface area (Å²) in [6, 6.07) is 6.39. The third kappa shape index (κ3) is 1.49. The van der Waals surface area contributed by atoms with Crippen molar-refractivity contribution in [3.63, 3.8) is 0 Å². The van der Waals surface area contributed by atoms with Gasteiger partial charge in [-0.2, -0.15) is 0 Å². The first kappa shape index (κ1) is 9.81. The van der Waals surface area contributed by atoms with E-state index in [0.29, 0.717) is 0 Å². The molecule has 1 heterocycles. The minimum Gasteiger partial charge on any atom is -0.494 e. The highest BCUT2D eigenvalue weighted by Crippen LogP contribution is 2.41. The molecule has 1 aromatic carbocycles. The van der Waals surface area contributed by atoms with E-state index < -0.39 is 0 Å². The van der Waals surface area contributed by atoms with Crippen LogP contribution in [0.1, 0.15) is 12.5 Å². The minimum atomic E-state index is 0.732. The zero-order chi connectivity index (χ0) is 10.1. The van der Waals surface area contributed by atoms with Gasteiger partial charge in [0.05, 0.1) is 7.11 Å². The topological polar surface area (TPSA) is 9.23 Å². The molecule has 0 aliphatic heterocycles. The standard InChI is InChI=1S/C11H11ClOS/c1-3-7-4-5-9-8(6-7)10(13-2)11(12)14-9/h4-6H,3H2,1-2H3. The average molecular weight is 227 g/mol. The molecule has 0 atom stereocenters. The molecule has 0 N–H and O–H groups in total. The molecule has 2 aromatic rings. The van der Waals surface area contributed by atoms with E-state index in [9.17, 15) is 0 Å². The van der Waals surface area contributed by atoms with E-state index in [0.717, 1.165) is 21.9 Å². The lowest BCUT2D eigenvalue weighted by Crippen LogP contribution is -1.82. The summed E-state index contributed by atoms with van der Waals surface area (Å²) in [7, 11) is 1.66. The molecule has 0 radical (unpaired) electrons. The maximum atomic E-state index is 6.06. The summed E-state index contributed by atoms with van der Waals surface area (Å²) in [6.45, 7) is 2.14. The lowest BCUT2D eigenvalue weighted by atomic mass is 10.1. The van der Waals surface area contributed by atoms with Crippen molar-refractivity contribution in [3.05, 3.63) is 28.1 Å². The van der Waals surface area contributed by atoms with Crippen molar-refractivity contribution in [1.29, 1.82) is 0 Å². The van der Waals surface area contributed by atoms with Gasteiger partial charge in [-0.3, -0.25) is 0 Å². The molecule has 0 bridgehead atoms. The fourth-order valence-electron chi connectivity index (χ4n) is 1.50. The predicted molar refractivity (Wildman–Crippen MR) is 62.8 cm³/mol. The number of rotatable bonds is 2. The fourth-order valence-corrected chi connectivity index (χ4v) is 2.81. The Bertz CT molecular complexity index is 462. The third-order valence-electron chi connectivity index (χ3n) is 2.28. The summed E-state index contributed by atoms with van der Waals surface area (Å²) < 4.78 is 7.19. The third-order valence-corrected chi connectivity index (χ3v) is 3.62. The molecule has 3 heteroatoms. The van der Waals surface area contributed by atoms with Crippen LogP contribution in [0.5, 0.6) is 5.75 Å². The number of ether oxygens (including phenoxy) is 1. The predicted octanol–water partition coefficient (Wildman–Crippen LogP) is 4.13. The van der Waals surface area contributed by atoms with Gasteiger partial charge in [0, 0.05) is 10.1 Å². The smallest absolute Gasteiger partial charge is 0.156 e. The Kier molecular flexibility index (Phi) is 2.66. The number of hydrogen-bond acceptors (Lipinski definition) is 2. The summed E-state index contributed by atoms with van der Waals surface area (Å²) in [6.07, 6.45) is 1.03. The van der Waals surface area contributed by atoms with Gasteiger partial charge in [-0.25, -0.2) is 0 Å². The molecule has 0 aliphatic rings. The van der Waals surface area contributed by atoms with Gasteiger partial charge < -0.3 is 4.74 Å². The van der Waals surface area contributed by atoms with Crippen LogP contribution in [0.25, 0.3) is 10.1 Å². The largest absolute Gasteiger partial charge is 0.494 e. The van der Waals surface area contributed by atoms with Crippen LogP contribution >= 0.6 is 22.9 Å². The van der Waals surface area contributed by atoms with E-state index in [1.807, 2.05) is 0 Å². The Balaban J connectivity index is 2.71. The van der Waals surface area contributed by atoms with Crippen molar-refractivity contribution < 1.29 is 4.74 Å². The SMILES string of the molecule is CCc1ccc2sc(Cl)c(OC)c2c1. The molecule has 1 aromatic heterocycles. The molecule has 0 aliphatic carbocycles. The molecular weight excluding hydrogens is 216 g/mol. The molecular formula is C11H11ClOS. The van der Waals surface area contributed by atoms with E-state index in [1.165, 1.54) is 10.3 Å². The summed E-state index contributed by atoms with van der Waals surface area (Å²) in [5.74, 6) is 0.807. The van der Waals surface area contributed by atoms with Crippen molar-refractivity contribution in [2.75, 3.05) is 7.11 Å². The summed E-state index contributed by atoms with van der Waals surface area (Å²) >= 11 is 7.62. The van der Waals surface area contributed by atoms with Crippen LogP contribution in [-0.4, -0.2) is 7.11 Å². The van der Waals surface area contributed by atoms with Gasteiger partial charge in [0.25, 0.3) is 0 Å². The maximum Gasteiger partial charge on any atom is 0.156 e. The Morgan fingerprint density at radius 2 is 2.21 bits per heavy atom. The number of thiophene rings is 1. The summed E-state index contributed by atoms with van der Waals surface area (Å²) in [4.78, 5) is 0. The van der Waals surface area contributed by atoms with Gasteiger partial charge in [-0.1, -0.05) is 24.6 Å². The van der Waals surface area contributed by atoms with E-state index in [2.05, 4.69) is 25.1 Å². The molecule has 2 rings (SSSR count). The average Bonchev–Trinajstić information content (AvgIpc) is 2.52. The fraction of sp³-hybridized carbons (Fsp3) is 0.273. The first-order chi connectivity index (χ1) is 6.76. The van der Waals surface area contributed by atoms with Crippen LogP contribution in [-0.2, 0) is 6.42 Å². The Morgan fingerprint density at radius 1 is 1.43 bits per heavy atom. The van der Waals surface area contributed by atoms with Gasteiger partial charge in [-0.05, 0) is 24.1 Å². The van der Waals surface area contributed by atoms with Crippen LogP contribution in [0, 0.1) is 0 Å². The van der Waals surface area contributed by atoms with Crippen LogP contribution in [0.4, 0.5) is 0 Å². The van der Waals surface area contributed by atoms with Crippen molar-refractivity contribution in [3.8, 4) is 5.75 Å². The van der Waals surface area contributed by atoms with E-state index in [1.54, 1.807) is 18.4 Å². The quantitative estimate of drug-likeness (QED) is 0.749. The second-order valence-electron chi connectivity index (χ2n) is 3.09. The van der Waals surface area contributed by atoms with Crippen molar-refractivity contribution >= 4 is 33.0 Å². The van der Waals surface area contributed by atoms with Crippen molar-refractivity contribution in [1.82, 2.24) is 0 Å². The Morgan fingerprint density at radius 3 is 2.86 bits per heavy atom. The highest BCUT2D eigenvalue weighted by Gasteiger charge is 2.10. The first-order valence-electron chi connectivity index (χ1n) is 4.51. The molecule has 1 nitrogen and oxygen atoms in total. The van der Waals surface area contributed by atoms with Crippen LogP contribution < -0.4 is 4.74 Å². The monoisotopic (exact) mass is 226 g/mol. The zero-order valence-corrected chi connectivity index (χ0v) is 9.71. The lowest BCUT2D eigenvalue weighted by Gasteiger charge is -1.99. The van der Waals surface area contributed by atoms with Gasteiger partial charge >= 0.3 is 0 Å². The normalized spacial score (nSPS) is 10.8. The first-order valence-corrected chi connectivity index (χ1v) is 5.70. The summed E-state index contributed by atoms with van der Waals surface area (Å²) in [5, 5.41) is 1.13. The van der Waals surface area contributed by atoms with Crippen LogP contribution in [0.3, 0.4) is 0 Å². The number of halogens is 1. The Hall–Kier alpha value is -0.730. The van der Waals surface area contributed by atoms with Crippen molar-refractivity contribution in [2.24, 2.45) is 0 Å². The number of benzene rings is 1. The molecule has 0 fully saturated rings. The van der Waals surface area contributed by atoms with Gasteiger partial charge in [-0.15, -0.1) is 11.3 Å². The molecule has 0 unspecified atom stereocenters. The van der Waals surface area contributed by atoms with E-state index in [-0.39, 0.29) is 0 Å². The van der Waals surface area contributed by atoms with Gasteiger partial charge in [0.2, 0.25) is 0 Å². The molecule has 0 saturated carbocycles. The minimum absolute atomic E-state index is 0.732. The highest BCUT2D eigenvalue weighted by atomic mass is 35.5.